The van der Waals surface area contributed by atoms with Crippen LogP contribution in [-0.4, -0.2) is 31.1 Å². The molecular formula is C12H20N2O. The fourth-order valence-electron chi connectivity index (χ4n) is 2.23. The van der Waals surface area contributed by atoms with Crippen molar-refractivity contribution < 1.29 is 4.42 Å². The van der Waals surface area contributed by atoms with Gasteiger partial charge in [0.25, 0.3) is 0 Å². The van der Waals surface area contributed by atoms with Crippen LogP contribution in [0.1, 0.15) is 31.6 Å². The summed E-state index contributed by atoms with van der Waals surface area (Å²) in [6.07, 6.45) is 4.31. The third-order valence-electron chi connectivity index (χ3n) is 3.41. The van der Waals surface area contributed by atoms with Crippen LogP contribution in [-0.2, 0) is 0 Å². The number of likely N-dealkylation sites (N-methyl/N-ethyl adjacent to an activating group) is 1. The minimum atomic E-state index is 0.366. The Bertz CT molecular complexity index is 278. The monoisotopic (exact) mass is 208 g/mol. The molecule has 2 rings (SSSR count). The number of piperidine rings is 1. The van der Waals surface area contributed by atoms with Crippen molar-refractivity contribution in [2.75, 3.05) is 20.1 Å². The number of nitrogens with one attached hydrogen (secondary N) is 1. The van der Waals surface area contributed by atoms with E-state index in [4.69, 9.17) is 4.42 Å². The van der Waals surface area contributed by atoms with Crippen LogP contribution in [0.3, 0.4) is 0 Å². The maximum atomic E-state index is 5.45. The van der Waals surface area contributed by atoms with Crippen molar-refractivity contribution >= 4 is 0 Å². The van der Waals surface area contributed by atoms with E-state index in [1.165, 1.54) is 19.4 Å². The molecule has 1 fully saturated rings. The second-order valence-electron chi connectivity index (χ2n) is 4.36. The Morgan fingerprint density at radius 2 is 2.47 bits per heavy atom. The molecule has 0 aromatic carbocycles. The third-order valence-corrected chi connectivity index (χ3v) is 3.41. The fourth-order valence-corrected chi connectivity index (χ4v) is 2.23. The predicted molar refractivity (Wildman–Crippen MR) is 60.8 cm³/mol. The van der Waals surface area contributed by atoms with E-state index in [1.807, 2.05) is 6.07 Å². The molecule has 2 heterocycles. The second kappa shape index (κ2) is 4.81. The number of hydrogen-bond acceptors (Lipinski definition) is 3. The lowest BCUT2D eigenvalue weighted by Gasteiger charge is -2.35. The first-order valence-corrected chi connectivity index (χ1v) is 5.75. The lowest BCUT2D eigenvalue weighted by atomic mass is 10.0. The minimum Gasteiger partial charge on any atom is -0.468 e. The van der Waals surface area contributed by atoms with Crippen LogP contribution in [0, 0.1) is 0 Å². The highest BCUT2D eigenvalue weighted by Crippen LogP contribution is 2.23. The Morgan fingerprint density at radius 1 is 1.60 bits per heavy atom. The van der Waals surface area contributed by atoms with E-state index < -0.39 is 0 Å². The molecule has 0 amide bonds. The van der Waals surface area contributed by atoms with Crippen molar-refractivity contribution in [3.8, 4) is 0 Å². The minimum absolute atomic E-state index is 0.366. The van der Waals surface area contributed by atoms with E-state index in [-0.39, 0.29) is 0 Å². The molecule has 1 aromatic heterocycles. The lowest BCUT2D eigenvalue weighted by molar-refractivity contribution is 0.141. The number of furan rings is 1. The van der Waals surface area contributed by atoms with Crippen molar-refractivity contribution in [2.45, 2.75) is 31.8 Å². The van der Waals surface area contributed by atoms with Crippen molar-refractivity contribution in [2.24, 2.45) is 0 Å². The maximum Gasteiger partial charge on any atom is 0.120 e. The Balaban J connectivity index is 1.97. The van der Waals surface area contributed by atoms with Crippen LogP contribution < -0.4 is 5.32 Å². The van der Waals surface area contributed by atoms with Gasteiger partial charge >= 0.3 is 0 Å². The average molecular weight is 208 g/mol. The van der Waals surface area contributed by atoms with Crippen LogP contribution in [0.2, 0.25) is 0 Å². The summed E-state index contributed by atoms with van der Waals surface area (Å²) in [7, 11) is 2.19. The van der Waals surface area contributed by atoms with Crippen LogP contribution in [0.25, 0.3) is 0 Å². The summed E-state index contributed by atoms with van der Waals surface area (Å²) in [6.45, 7) is 4.47. The molecule has 84 valence electrons. The smallest absolute Gasteiger partial charge is 0.120 e. The molecule has 1 N–H and O–H groups in total. The van der Waals surface area contributed by atoms with Gasteiger partial charge in [0.05, 0.1) is 12.3 Å². The first-order valence-electron chi connectivity index (χ1n) is 5.75. The van der Waals surface area contributed by atoms with Crippen molar-refractivity contribution in [3.05, 3.63) is 24.2 Å². The highest BCUT2D eigenvalue weighted by Gasteiger charge is 2.23. The quantitative estimate of drug-likeness (QED) is 0.824. The topological polar surface area (TPSA) is 28.4 Å². The molecule has 1 saturated heterocycles. The molecule has 1 aromatic rings. The highest BCUT2D eigenvalue weighted by molar-refractivity contribution is 5.04. The normalized spacial score (nSPS) is 24.3. The van der Waals surface area contributed by atoms with Gasteiger partial charge in [0.2, 0.25) is 0 Å². The van der Waals surface area contributed by atoms with Gasteiger partial charge in [-0.3, -0.25) is 4.90 Å². The first kappa shape index (κ1) is 10.7. The van der Waals surface area contributed by atoms with Gasteiger partial charge in [-0.05, 0) is 45.5 Å². The summed E-state index contributed by atoms with van der Waals surface area (Å²) in [5.41, 5.74) is 0. The summed E-state index contributed by atoms with van der Waals surface area (Å²) >= 11 is 0. The Hall–Kier alpha value is -0.800. The molecule has 0 saturated carbocycles. The number of hydrogen-bond donors (Lipinski definition) is 1. The molecule has 0 aliphatic carbocycles. The van der Waals surface area contributed by atoms with Crippen LogP contribution in [0.4, 0.5) is 0 Å². The molecule has 3 nitrogen and oxygen atoms in total. The largest absolute Gasteiger partial charge is 0.468 e. The maximum absolute atomic E-state index is 5.45. The van der Waals surface area contributed by atoms with Crippen molar-refractivity contribution in [1.82, 2.24) is 10.2 Å². The van der Waals surface area contributed by atoms with Crippen molar-refractivity contribution in [3.63, 3.8) is 0 Å². The van der Waals surface area contributed by atoms with E-state index in [0.717, 1.165) is 12.3 Å². The van der Waals surface area contributed by atoms with Gasteiger partial charge in [-0.15, -0.1) is 0 Å². The number of nitrogens with zero attached hydrogens (tertiary/aromatic N) is 1. The molecule has 1 aliphatic heterocycles. The molecule has 2 atom stereocenters. The summed E-state index contributed by atoms with van der Waals surface area (Å²) in [4.78, 5) is 2.41. The molecule has 0 unspecified atom stereocenters. The van der Waals surface area contributed by atoms with Crippen molar-refractivity contribution in [1.29, 1.82) is 0 Å². The van der Waals surface area contributed by atoms with Gasteiger partial charge in [0.1, 0.15) is 5.76 Å². The summed E-state index contributed by atoms with van der Waals surface area (Å²) in [6, 6.07) is 5.01. The third kappa shape index (κ3) is 2.41. The van der Waals surface area contributed by atoms with Crippen LogP contribution in [0.5, 0.6) is 0 Å². The summed E-state index contributed by atoms with van der Waals surface area (Å²) < 4.78 is 5.45. The zero-order chi connectivity index (χ0) is 10.7. The Kier molecular flexibility index (Phi) is 3.44. The molecule has 15 heavy (non-hydrogen) atoms. The predicted octanol–water partition coefficient (Wildman–Crippen LogP) is 2.02. The van der Waals surface area contributed by atoms with E-state index in [2.05, 4.69) is 30.3 Å². The van der Waals surface area contributed by atoms with E-state index in [1.54, 1.807) is 6.26 Å². The molecule has 0 bridgehead atoms. The van der Waals surface area contributed by atoms with Gasteiger partial charge in [0, 0.05) is 12.6 Å². The van der Waals surface area contributed by atoms with E-state index in [9.17, 15) is 0 Å². The fraction of sp³-hybridized carbons (Fsp3) is 0.667. The zero-order valence-electron chi connectivity index (χ0n) is 9.57. The molecule has 0 spiro atoms. The average Bonchev–Trinajstić information content (AvgIpc) is 2.82. The van der Waals surface area contributed by atoms with Gasteiger partial charge in [-0.25, -0.2) is 0 Å². The number of rotatable bonds is 3. The Morgan fingerprint density at radius 3 is 3.07 bits per heavy atom. The Labute approximate surface area is 91.4 Å². The first-order chi connectivity index (χ1) is 7.29. The van der Waals surface area contributed by atoms with Gasteiger partial charge < -0.3 is 9.73 Å². The molecular weight excluding hydrogens is 188 g/mol. The van der Waals surface area contributed by atoms with E-state index in [0.29, 0.717) is 12.1 Å². The standard InChI is InChI=1S/C12H20N2O/c1-10(12-6-4-8-15-12)14(2)11-5-3-7-13-9-11/h4,6,8,10-11,13H,3,5,7,9H2,1-2H3/t10-,11-/m1/s1. The molecule has 1 aliphatic rings. The zero-order valence-corrected chi connectivity index (χ0v) is 9.57. The van der Waals surface area contributed by atoms with Gasteiger partial charge in [0.15, 0.2) is 0 Å². The van der Waals surface area contributed by atoms with E-state index >= 15 is 0 Å². The summed E-state index contributed by atoms with van der Waals surface area (Å²) in [5.74, 6) is 1.06. The second-order valence-corrected chi connectivity index (χ2v) is 4.36. The SMILES string of the molecule is C[C@H](c1ccco1)N(C)[C@@H]1CCCNC1. The van der Waals surface area contributed by atoms with Gasteiger partial charge in [-0.1, -0.05) is 0 Å². The molecule has 3 heteroatoms. The molecule has 0 radical (unpaired) electrons. The van der Waals surface area contributed by atoms with Gasteiger partial charge in [-0.2, -0.15) is 0 Å². The highest BCUT2D eigenvalue weighted by atomic mass is 16.3. The summed E-state index contributed by atoms with van der Waals surface area (Å²) in [5, 5.41) is 3.44. The van der Waals surface area contributed by atoms with Crippen LogP contribution >= 0.6 is 0 Å². The van der Waals surface area contributed by atoms with Crippen LogP contribution in [0.15, 0.2) is 22.8 Å². The lowest BCUT2D eigenvalue weighted by Crippen LogP contribution is -2.44.